The SMILES string of the molecule is CC(Cl)CCN(C)C(=O)c1cnn(C)c1. The van der Waals surface area contributed by atoms with E-state index in [9.17, 15) is 4.79 Å². The fourth-order valence-electron chi connectivity index (χ4n) is 1.23. The number of carbonyl (C=O) groups is 1. The van der Waals surface area contributed by atoms with Crippen molar-refractivity contribution >= 4 is 17.5 Å². The van der Waals surface area contributed by atoms with Crippen LogP contribution in [0.5, 0.6) is 0 Å². The van der Waals surface area contributed by atoms with E-state index in [2.05, 4.69) is 5.10 Å². The lowest BCUT2D eigenvalue weighted by molar-refractivity contribution is 0.0793. The summed E-state index contributed by atoms with van der Waals surface area (Å²) in [5.41, 5.74) is 0.613. The van der Waals surface area contributed by atoms with Crippen LogP contribution in [0.3, 0.4) is 0 Å². The minimum absolute atomic E-state index is 0.0135. The molecule has 0 N–H and O–H groups in total. The predicted octanol–water partition coefficient (Wildman–Crippen LogP) is 1.51. The van der Waals surface area contributed by atoms with E-state index < -0.39 is 0 Å². The molecule has 84 valence electrons. The van der Waals surface area contributed by atoms with Crippen molar-refractivity contribution in [2.24, 2.45) is 7.05 Å². The Balaban J connectivity index is 2.53. The fourth-order valence-corrected chi connectivity index (χ4v) is 1.32. The molecule has 0 radical (unpaired) electrons. The number of alkyl halides is 1. The maximum atomic E-state index is 11.8. The van der Waals surface area contributed by atoms with Crippen molar-refractivity contribution in [2.45, 2.75) is 18.7 Å². The Morgan fingerprint density at radius 3 is 2.87 bits per heavy atom. The molecule has 1 aromatic heterocycles. The lowest BCUT2D eigenvalue weighted by Gasteiger charge is -2.16. The van der Waals surface area contributed by atoms with Crippen LogP contribution in [-0.2, 0) is 7.05 Å². The third kappa shape index (κ3) is 3.55. The summed E-state index contributed by atoms with van der Waals surface area (Å²) in [5.74, 6) is -0.0135. The average Bonchev–Trinajstić information content (AvgIpc) is 2.60. The Bertz CT molecular complexity index is 335. The van der Waals surface area contributed by atoms with Crippen molar-refractivity contribution in [3.63, 3.8) is 0 Å². The second kappa shape index (κ2) is 5.16. The van der Waals surface area contributed by atoms with Gasteiger partial charge in [-0.3, -0.25) is 9.48 Å². The number of halogens is 1. The highest BCUT2D eigenvalue weighted by Gasteiger charge is 2.13. The summed E-state index contributed by atoms with van der Waals surface area (Å²) in [6.45, 7) is 2.59. The monoisotopic (exact) mass is 229 g/mol. The average molecular weight is 230 g/mol. The van der Waals surface area contributed by atoms with Gasteiger partial charge in [-0.2, -0.15) is 5.10 Å². The van der Waals surface area contributed by atoms with Gasteiger partial charge < -0.3 is 4.90 Å². The van der Waals surface area contributed by atoms with E-state index in [1.54, 1.807) is 36.1 Å². The maximum Gasteiger partial charge on any atom is 0.256 e. The highest BCUT2D eigenvalue weighted by atomic mass is 35.5. The molecule has 1 amide bonds. The van der Waals surface area contributed by atoms with Crippen LogP contribution in [0.1, 0.15) is 23.7 Å². The van der Waals surface area contributed by atoms with Gasteiger partial charge in [-0.25, -0.2) is 0 Å². The van der Waals surface area contributed by atoms with Gasteiger partial charge in [0.2, 0.25) is 0 Å². The van der Waals surface area contributed by atoms with Crippen LogP contribution in [0.4, 0.5) is 0 Å². The molecule has 1 aromatic rings. The molecule has 0 aliphatic heterocycles. The molecule has 1 rings (SSSR count). The van der Waals surface area contributed by atoms with Gasteiger partial charge in [-0.1, -0.05) is 0 Å². The molecule has 15 heavy (non-hydrogen) atoms. The zero-order valence-corrected chi connectivity index (χ0v) is 10.0. The van der Waals surface area contributed by atoms with Crippen molar-refractivity contribution in [3.05, 3.63) is 18.0 Å². The van der Waals surface area contributed by atoms with Crippen molar-refractivity contribution in [1.29, 1.82) is 0 Å². The highest BCUT2D eigenvalue weighted by molar-refractivity contribution is 6.20. The fraction of sp³-hybridized carbons (Fsp3) is 0.600. The van der Waals surface area contributed by atoms with E-state index in [-0.39, 0.29) is 11.3 Å². The number of rotatable bonds is 4. The summed E-state index contributed by atoms with van der Waals surface area (Å²) in [5, 5.41) is 4.05. The zero-order chi connectivity index (χ0) is 11.4. The molecule has 0 aliphatic carbocycles. The number of hydrogen-bond donors (Lipinski definition) is 0. The number of nitrogens with zero attached hydrogens (tertiary/aromatic N) is 3. The summed E-state index contributed by atoms with van der Waals surface area (Å²) in [6.07, 6.45) is 4.08. The number of hydrogen-bond acceptors (Lipinski definition) is 2. The van der Waals surface area contributed by atoms with Crippen molar-refractivity contribution in [2.75, 3.05) is 13.6 Å². The predicted molar refractivity (Wildman–Crippen MR) is 60.1 cm³/mol. The van der Waals surface area contributed by atoms with Crippen molar-refractivity contribution in [1.82, 2.24) is 14.7 Å². The molecule has 1 unspecified atom stereocenters. The molecule has 0 saturated heterocycles. The molecule has 0 bridgehead atoms. The van der Waals surface area contributed by atoms with Crippen LogP contribution in [-0.4, -0.2) is 39.6 Å². The van der Waals surface area contributed by atoms with Gasteiger partial charge >= 0.3 is 0 Å². The molecule has 1 atom stereocenters. The van der Waals surface area contributed by atoms with E-state index in [0.29, 0.717) is 12.1 Å². The summed E-state index contributed by atoms with van der Waals surface area (Å²) >= 11 is 5.82. The second-order valence-electron chi connectivity index (χ2n) is 3.70. The Kier molecular flexibility index (Phi) is 4.15. The van der Waals surface area contributed by atoms with E-state index in [0.717, 1.165) is 6.42 Å². The molecule has 4 nitrogen and oxygen atoms in total. The molecule has 0 saturated carbocycles. The van der Waals surface area contributed by atoms with Crippen molar-refractivity contribution in [3.8, 4) is 0 Å². The minimum Gasteiger partial charge on any atom is -0.342 e. The molecule has 0 spiro atoms. The number of amides is 1. The zero-order valence-electron chi connectivity index (χ0n) is 9.27. The minimum atomic E-state index is -0.0135. The largest absolute Gasteiger partial charge is 0.342 e. The standard InChI is InChI=1S/C10H16ClN3O/c1-8(11)4-5-13(2)10(15)9-6-12-14(3)7-9/h6-8H,4-5H2,1-3H3. The first kappa shape index (κ1) is 12.0. The van der Waals surface area contributed by atoms with Gasteiger partial charge in [0.1, 0.15) is 0 Å². The molecular weight excluding hydrogens is 214 g/mol. The Morgan fingerprint density at radius 2 is 2.40 bits per heavy atom. The Hall–Kier alpha value is -1.03. The summed E-state index contributed by atoms with van der Waals surface area (Å²) < 4.78 is 1.62. The van der Waals surface area contributed by atoms with Crippen LogP contribution < -0.4 is 0 Å². The van der Waals surface area contributed by atoms with E-state index in [1.807, 2.05) is 6.92 Å². The summed E-state index contributed by atoms with van der Waals surface area (Å²) in [6, 6.07) is 0. The number of aromatic nitrogens is 2. The third-order valence-corrected chi connectivity index (χ3v) is 2.38. The Morgan fingerprint density at radius 1 is 1.73 bits per heavy atom. The topological polar surface area (TPSA) is 38.1 Å². The lowest BCUT2D eigenvalue weighted by Crippen LogP contribution is -2.28. The van der Waals surface area contributed by atoms with Crippen molar-refractivity contribution < 1.29 is 4.79 Å². The molecule has 0 fully saturated rings. The van der Waals surface area contributed by atoms with Crippen LogP contribution in [0.2, 0.25) is 0 Å². The normalized spacial score (nSPS) is 12.5. The van der Waals surface area contributed by atoms with Gasteiger partial charge in [0.15, 0.2) is 0 Å². The van der Waals surface area contributed by atoms with Crippen LogP contribution in [0.15, 0.2) is 12.4 Å². The molecular formula is C10H16ClN3O. The van der Waals surface area contributed by atoms with Crippen LogP contribution in [0.25, 0.3) is 0 Å². The van der Waals surface area contributed by atoms with Gasteiger partial charge in [0.25, 0.3) is 5.91 Å². The first-order valence-electron chi connectivity index (χ1n) is 4.89. The van der Waals surface area contributed by atoms with Gasteiger partial charge in [0, 0.05) is 32.2 Å². The smallest absolute Gasteiger partial charge is 0.256 e. The first-order valence-corrected chi connectivity index (χ1v) is 5.32. The van der Waals surface area contributed by atoms with Gasteiger partial charge in [-0.15, -0.1) is 11.6 Å². The molecule has 0 aliphatic rings. The quantitative estimate of drug-likeness (QED) is 0.735. The molecule has 1 heterocycles. The lowest BCUT2D eigenvalue weighted by atomic mass is 10.2. The maximum absolute atomic E-state index is 11.8. The first-order chi connectivity index (χ1) is 7.00. The number of aryl methyl sites for hydroxylation is 1. The van der Waals surface area contributed by atoms with E-state index >= 15 is 0 Å². The molecule has 5 heteroatoms. The van der Waals surface area contributed by atoms with Crippen LogP contribution in [0, 0.1) is 0 Å². The number of carbonyl (C=O) groups excluding carboxylic acids is 1. The highest BCUT2D eigenvalue weighted by Crippen LogP contribution is 2.05. The van der Waals surface area contributed by atoms with Gasteiger partial charge in [0.05, 0.1) is 11.8 Å². The van der Waals surface area contributed by atoms with E-state index in [1.165, 1.54) is 0 Å². The second-order valence-corrected chi connectivity index (χ2v) is 4.44. The third-order valence-electron chi connectivity index (χ3n) is 2.16. The van der Waals surface area contributed by atoms with Gasteiger partial charge in [-0.05, 0) is 13.3 Å². The summed E-state index contributed by atoms with van der Waals surface area (Å²) in [4.78, 5) is 13.5. The Labute approximate surface area is 94.8 Å². The van der Waals surface area contributed by atoms with E-state index in [4.69, 9.17) is 11.6 Å². The molecule has 0 aromatic carbocycles. The summed E-state index contributed by atoms with van der Waals surface area (Å²) in [7, 11) is 3.56. The van der Waals surface area contributed by atoms with Crippen LogP contribution >= 0.6 is 11.6 Å².